The summed E-state index contributed by atoms with van der Waals surface area (Å²) in [6, 6.07) is 4.56. The van der Waals surface area contributed by atoms with Crippen LogP contribution in [0.1, 0.15) is 6.42 Å². The summed E-state index contributed by atoms with van der Waals surface area (Å²) in [6.07, 6.45) is 0.353. The lowest BCUT2D eigenvalue weighted by Crippen LogP contribution is -2.38. The van der Waals surface area contributed by atoms with Gasteiger partial charge in [0.15, 0.2) is 5.84 Å². The van der Waals surface area contributed by atoms with Crippen LogP contribution in [-0.4, -0.2) is 20.6 Å². The standard InChI is InChI=1S/C12H9Cl4N3O/c1-6-4-10(19-11(17-6)12(14,15)16)18-8-3-2-7(13)5-9(8)20/h2-3,5,20H,1,4H2,(H,17,18,19). The maximum atomic E-state index is 9.76. The Balaban J connectivity index is 2.40. The minimum absolute atomic E-state index is 0.0558. The molecule has 0 amide bonds. The topological polar surface area (TPSA) is 57.0 Å². The summed E-state index contributed by atoms with van der Waals surface area (Å²) in [7, 11) is 0. The molecule has 0 radical (unpaired) electrons. The number of nitrogens with zero attached hydrogens (tertiary/aromatic N) is 2. The zero-order valence-corrected chi connectivity index (χ0v) is 13.0. The van der Waals surface area contributed by atoms with Crippen LogP contribution in [0.4, 0.5) is 5.69 Å². The minimum Gasteiger partial charge on any atom is -0.506 e. The highest BCUT2D eigenvalue weighted by Crippen LogP contribution is 2.32. The van der Waals surface area contributed by atoms with E-state index in [1.807, 2.05) is 0 Å². The van der Waals surface area contributed by atoms with Crippen LogP contribution in [0.2, 0.25) is 5.02 Å². The molecule has 20 heavy (non-hydrogen) atoms. The van der Waals surface area contributed by atoms with Gasteiger partial charge in [-0.1, -0.05) is 53.0 Å². The molecular weight excluding hydrogens is 344 g/mol. The monoisotopic (exact) mass is 351 g/mol. The summed E-state index contributed by atoms with van der Waals surface area (Å²) in [5.74, 6) is 0.429. The van der Waals surface area contributed by atoms with E-state index in [-0.39, 0.29) is 11.6 Å². The number of aromatic hydroxyl groups is 1. The molecule has 1 aliphatic heterocycles. The summed E-state index contributed by atoms with van der Waals surface area (Å²) >= 11 is 23.1. The lowest BCUT2D eigenvalue weighted by Gasteiger charge is -2.22. The second kappa shape index (κ2) is 5.82. The lowest BCUT2D eigenvalue weighted by molar-refractivity contribution is 0.477. The SMILES string of the molecule is C=C1CC(=Nc2ccc(Cl)cc2O)N=C(C(Cl)(Cl)Cl)N1. The molecule has 0 unspecified atom stereocenters. The van der Waals surface area contributed by atoms with Crippen LogP contribution < -0.4 is 5.32 Å². The summed E-state index contributed by atoms with van der Waals surface area (Å²) in [4.78, 5) is 8.33. The summed E-state index contributed by atoms with van der Waals surface area (Å²) in [6.45, 7) is 3.77. The van der Waals surface area contributed by atoms with E-state index in [4.69, 9.17) is 46.4 Å². The number of aliphatic imine (C=N–C) groups is 2. The third-order valence-electron chi connectivity index (χ3n) is 2.36. The molecule has 1 aliphatic rings. The van der Waals surface area contributed by atoms with E-state index in [9.17, 15) is 5.11 Å². The van der Waals surface area contributed by atoms with Crippen molar-refractivity contribution in [3.8, 4) is 5.75 Å². The predicted octanol–water partition coefficient (Wildman–Crippen LogP) is 4.35. The Bertz CT molecular complexity index is 620. The van der Waals surface area contributed by atoms with Crippen molar-refractivity contribution in [2.75, 3.05) is 0 Å². The highest BCUT2D eigenvalue weighted by Gasteiger charge is 2.31. The van der Waals surface area contributed by atoms with Crippen molar-refractivity contribution >= 4 is 63.8 Å². The zero-order valence-electron chi connectivity index (χ0n) is 10.00. The minimum atomic E-state index is -1.70. The lowest BCUT2D eigenvalue weighted by atomic mass is 10.2. The van der Waals surface area contributed by atoms with Gasteiger partial charge in [0.25, 0.3) is 0 Å². The molecular formula is C12H9Cl4N3O. The molecule has 0 saturated carbocycles. The third-order valence-corrected chi connectivity index (χ3v) is 3.14. The molecule has 2 N–H and O–H groups in total. The van der Waals surface area contributed by atoms with Gasteiger partial charge in [0.05, 0.1) is 0 Å². The van der Waals surface area contributed by atoms with E-state index in [0.717, 1.165) is 0 Å². The molecule has 4 nitrogen and oxygen atoms in total. The van der Waals surface area contributed by atoms with Crippen molar-refractivity contribution in [1.82, 2.24) is 5.32 Å². The van der Waals surface area contributed by atoms with Crippen LogP contribution in [0.25, 0.3) is 0 Å². The molecule has 0 aromatic heterocycles. The smallest absolute Gasteiger partial charge is 0.248 e. The molecule has 1 heterocycles. The van der Waals surface area contributed by atoms with Gasteiger partial charge in [-0.05, 0) is 12.1 Å². The van der Waals surface area contributed by atoms with Crippen molar-refractivity contribution in [3.05, 3.63) is 35.5 Å². The van der Waals surface area contributed by atoms with E-state index in [1.165, 1.54) is 6.07 Å². The quantitative estimate of drug-likeness (QED) is 0.738. The van der Waals surface area contributed by atoms with Crippen LogP contribution in [-0.2, 0) is 0 Å². The average Bonchev–Trinajstić information content (AvgIpc) is 2.31. The van der Waals surface area contributed by atoms with Crippen molar-refractivity contribution in [1.29, 1.82) is 0 Å². The molecule has 0 aliphatic carbocycles. The molecule has 0 atom stereocenters. The van der Waals surface area contributed by atoms with Crippen LogP contribution in [0.15, 0.2) is 40.5 Å². The first kappa shape index (κ1) is 15.4. The number of hydrogen-bond donors (Lipinski definition) is 2. The summed E-state index contributed by atoms with van der Waals surface area (Å²) < 4.78 is -1.70. The van der Waals surface area contributed by atoms with Crippen molar-refractivity contribution in [2.45, 2.75) is 10.2 Å². The Kier molecular flexibility index (Phi) is 4.49. The van der Waals surface area contributed by atoms with Gasteiger partial charge in [-0.3, -0.25) is 0 Å². The van der Waals surface area contributed by atoms with Gasteiger partial charge >= 0.3 is 0 Å². The maximum Gasteiger partial charge on any atom is 0.248 e. The third kappa shape index (κ3) is 3.79. The Morgan fingerprint density at radius 2 is 2.05 bits per heavy atom. The molecule has 0 fully saturated rings. The van der Waals surface area contributed by atoms with Crippen LogP contribution in [0, 0.1) is 0 Å². The molecule has 2 rings (SSSR count). The molecule has 8 heteroatoms. The fourth-order valence-electron chi connectivity index (χ4n) is 1.53. The van der Waals surface area contributed by atoms with Gasteiger partial charge in [0.2, 0.25) is 3.79 Å². The Labute approximate surface area is 135 Å². The number of halogens is 4. The number of benzene rings is 1. The Morgan fingerprint density at radius 1 is 1.35 bits per heavy atom. The maximum absolute atomic E-state index is 9.76. The van der Waals surface area contributed by atoms with Crippen molar-refractivity contribution in [3.63, 3.8) is 0 Å². The molecule has 106 valence electrons. The highest BCUT2D eigenvalue weighted by atomic mass is 35.6. The number of phenols is 1. The number of alkyl halides is 3. The first-order chi connectivity index (χ1) is 9.25. The molecule has 0 saturated heterocycles. The molecule has 0 bridgehead atoms. The fourth-order valence-corrected chi connectivity index (χ4v) is 1.96. The van der Waals surface area contributed by atoms with Gasteiger partial charge in [-0.15, -0.1) is 0 Å². The Hall–Kier alpha value is -0.940. The average molecular weight is 353 g/mol. The first-order valence-corrected chi connectivity index (χ1v) is 6.93. The summed E-state index contributed by atoms with van der Waals surface area (Å²) in [5, 5.41) is 13.0. The predicted molar refractivity (Wildman–Crippen MR) is 84.8 cm³/mol. The van der Waals surface area contributed by atoms with Crippen LogP contribution >= 0.6 is 46.4 Å². The summed E-state index contributed by atoms with van der Waals surface area (Å²) in [5.41, 5.74) is 0.917. The van der Waals surface area contributed by atoms with Crippen molar-refractivity contribution < 1.29 is 5.11 Å². The van der Waals surface area contributed by atoms with E-state index < -0.39 is 3.79 Å². The highest BCUT2D eigenvalue weighted by molar-refractivity contribution is 6.76. The van der Waals surface area contributed by atoms with Crippen LogP contribution in [0.5, 0.6) is 5.75 Å². The van der Waals surface area contributed by atoms with E-state index >= 15 is 0 Å². The Morgan fingerprint density at radius 3 is 2.65 bits per heavy atom. The fraction of sp³-hybridized carbons (Fsp3) is 0.167. The first-order valence-electron chi connectivity index (χ1n) is 5.42. The largest absolute Gasteiger partial charge is 0.506 e. The number of nitrogens with one attached hydrogen (secondary N) is 1. The van der Waals surface area contributed by atoms with Gasteiger partial charge in [-0.2, -0.15) is 0 Å². The number of phenolic OH excluding ortho intramolecular Hbond substituents is 1. The molecule has 0 spiro atoms. The number of hydrogen-bond acceptors (Lipinski definition) is 3. The number of rotatable bonds is 1. The van der Waals surface area contributed by atoms with E-state index in [2.05, 4.69) is 21.9 Å². The van der Waals surface area contributed by atoms with Gasteiger partial charge in [0.1, 0.15) is 17.3 Å². The van der Waals surface area contributed by atoms with E-state index in [1.54, 1.807) is 12.1 Å². The van der Waals surface area contributed by atoms with Gasteiger partial charge in [0, 0.05) is 23.2 Å². The molecule has 1 aromatic carbocycles. The number of amidine groups is 2. The molecule has 1 aromatic rings. The van der Waals surface area contributed by atoms with Crippen LogP contribution in [0.3, 0.4) is 0 Å². The second-order valence-electron chi connectivity index (χ2n) is 4.02. The normalized spacial score (nSPS) is 17.9. The second-order valence-corrected chi connectivity index (χ2v) is 6.74. The van der Waals surface area contributed by atoms with E-state index in [0.29, 0.717) is 28.7 Å². The van der Waals surface area contributed by atoms with Crippen molar-refractivity contribution in [2.24, 2.45) is 9.98 Å². The van der Waals surface area contributed by atoms with Gasteiger partial charge < -0.3 is 10.4 Å². The van der Waals surface area contributed by atoms with Gasteiger partial charge in [-0.25, -0.2) is 9.98 Å². The zero-order chi connectivity index (χ0) is 14.9.